The molecule has 134 valence electrons. The van der Waals surface area contributed by atoms with Crippen LogP contribution in [0, 0.1) is 0 Å². The van der Waals surface area contributed by atoms with Gasteiger partial charge in [-0.1, -0.05) is 6.07 Å². The minimum Gasteiger partial charge on any atom is -0.493 e. The fourth-order valence-corrected chi connectivity index (χ4v) is 2.56. The highest BCUT2D eigenvalue weighted by Crippen LogP contribution is 2.27. The number of nitrogens with one attached hydrogen (secondary N) is 1. The van der Waals surface area contributed by atoms with E-state index >= 15 is 0 Å². The first-order chi connectivity index (χ1) is 12.1. The summed E-state index contributed by atoms with van der Waals surface area (Å²) < 4.78 is 10.5. The molecule has 1 N–H and O–H groups in total. The molecular weight excluding hydrogens is 318 g/mol. The van der Waals surface area contributed by atoms with Crippen LogP contribution in [0.4, 0.5) is 5.69 Å². The first-order valence-corrected chi connectivity index (χ1v) is 8.33. The lowest BCUT2D eigenvalue weighted by Crippen LogP contribution is -2.25. The predicted octanol–water partition coefficient (Wildman–Crippen LogP) is 2.88. The van der Waals surface area contributed by atoms with Gasteiger partial charge in [0, 0.05) is 19.6 Å². The van der Waals surface area contributed by atoms with Gasteiger partial charge in [0.05, 0.1) is 26.1 Å². The van der Waals surface area contributed by atoms with E-state index < -0.39 is 0 Å². The molecule has 1 aromatic heterocycles. The van der Waals surface area contributed by atoms with E-state index in [0.29, 0.717) is 23.7 Å². The number of rotatable bonds is 8. The highest BCUT2D eigenvalue weighted by atomic mass is 16.5. The van der Waals surface area contributed by atoms with Gasteiger partial charge in [0.2, 0.25) is 0 Å². The molecule has 0 spiro atoms. The standard InChI is InChI=1S/C19H25N3O3/c1-5-22(6-2)15-8-9-16(20-13-15)19(23)21-12-14-7-10-17(24-3)18(11-14)25-4/h7-11,13H,5-6,12H2,1-4H3,(H,21,23). The fraction of sp³-hybridized carbons (Fsp3) is 0.368. The maximum atomic E-state index is 12.3. The van der Waals surface area contributed by atoms with Crippen LogP contribution in [0.5, 0.6) is 11.5 Å². The number of benzene rings is 1. The zero-order valence-electron chi connectivity index (χ0n) is 15.2. The van der Waals surface area contributed by atoms with E-state index in [-0.39, 0.29) is 5.91 Å². The first kappa shape index (κ1) is 18.6. The zero-order valence-corrected chi connectivity index (χ0v) is 15.2. The molecule has 0 aliphatic heterocycles. The van der Waals surface area contributed by atoms with Crippen molar-refractivity contribution in [3.05, 3.63) is 47.8 Å². The number of carbonyl (C=O) groups excluding carboxylic acids is 1. The Kier molecular flexibility index (Phi) is 6.62. The van der Waals surface area contributed by atoms with E-state index in [4.69, 9.17) is 9.47 Å². The van der Waals surface area contributed by atoms with Crippen LogP contribution in [0.15, 0.2) is 36.5 Å². The molecule has 1 heterocycles. The van der Waals surface area contributed by atoms with E-state index in [2.05, 4.69) is 29.0 Å². The molecule has 0 bridgehead atoms. The van der Waals surface area contributed by atoms with E-state index in [1.165, 1.54) is 0 Å². The average molecular weight is 343 g/mol. The molecule has 2 aromatic rings. The Morgan fingerprint density at radius 3 is 2.36 bits per heavy atom. The van der Waals surface area contributed by atoms with E-state index in [1.807, 2.05) is 24.3 Å². The van der Waals surface area contributed by atoms with Crippen molar-refractivity contribution in [3.8, 4) is 11.5 Å². The summed E-state index contributed by atoms with van der Waals surface area (Å²) >= 11 is 0. The van der Waals surface area contributed by atoms with Crippen molar-refractivity contribution >= 4 is 11.6 Å². The lowest BCUT2D eigenvalue weighted by atomic mass is 10.2. The number of hydrogen-bond acceptors (Lipinski definition) is 5. The SMILES string of the molecule is CCN(CC)c1ccc(C(=O)NCc2ccc(OC)c(OC)c2)nc1. The molecule has 6 heteroatoms. The summed E-state index contributed by atoms with van der Waals surface area (Å²) in [5.74, 6) is 1.09. The molecule has 0 radical (unpaired) electrons. The number of methoxy groups -OCH3 is 2. The molecule has 0 fully saturated rings. The summed E-state index contributed by atoms with van der Waals surface area (Å²) in [4.78, 5) is 18.7. The Morgan fingerprint density at radius 2 is 1.80 bits per heavy atom. The first-order valence-electron chi connectivity index (χ1n) is 8.33. The average Bonchev–Trinajstić information content (AvgIpc) is 2.67. The van der Waals surface area contributed by atoms with E-state index in [1.54, 1.807) is 26.5 Å². The van der Waals surface area contributed by atoms with Gasteiger partial charge in [-0.15, -0.1) is 0 Å². The molecule has 0 saturated heterocycles. The maximum absolute atomic E-state index is 12.3. The second kappa shape index (κ2) is 8.92. The molecule has 25 heavy (non-hydrogen) atoms. The van der Waals surface area contributed by atoms with E-state index in [0.717, 1.165) is 24.3 Å². The minimum atomic E-state index is -0.208. The van der Waals surface area contributed by atoms with E-state index in [9.17, 15) is 4.79 Å². The summed E-state index contributed by atoms with van der Waals surface area (Å²) in [7, 11) is 3.18. The zero-order chi connectivity index (χ0) is 18.2. The molecule has 0 aliphatic carbocycles. The second-order valence-electron chi connectivity index (χ2n) is 5.45. The van der Waals surface area contributed by atoms with Gasteiger partial charge in [0.1, 0.15) is 5.69 Å². The molecule has 1 amide bonds. The van der Waals surface area contributed by atoms with Gasteiger partial charge in [-0.3, -0.25) is 4.79 Å². The molecule has 2 rings (SSSR count). The molecule has 0 saturated carbocycles. The molecule has 0 unspecified atom stereocenters. The van der Waals surface area contributed by atoms with Gasteiger partial charge in [0.25, 0.3) is 5.91 Å². The summed E-state index contributed by atoms with van der Waals surface area (Å²) in [5, 5.41) is 2.87. The smallest absolute Gasteiger partial charge is 0.270 e. The van der Waals surface area contributed by atoms with Crippen LogP contribution in [-0.4, -0.2) is 38.2 Å². The lowest BCUT2D eigenvalue weighted by Gasteiger charge is -2.20. The van der Waals surface area contributed by atoms with Crippen molar-refractivity contribution in [2.24, 2.45) is 0 Å². The maximum Gasteiger partial charge on any atom is 0.270 e. The molecule has 0 atom stereocenters. The summed E-state index contributed by atoms with van der Waals surface area (Å²) in [6, 6.07) is 9.22. The van der Waals surface area contributed by atoms with Crippen molar-refractivity contribution in [1.29, 1.82) is 0 Å². The van der Waals surface area contributed by atoms with Crippen LogP contribution < -0.4 is 19.7 Å². The summed E-state index contributed by atoms with van der Waals surface area (Å²) in [5.41, 5.74) is 2.34. The number of amides is 1. The van der Waals surface area contributed by atoms with Gasteiger partial charge in [0.15, 0.2) is 11.5 Å². The Hall–Kier alpha value is -2.76. The number of hydrogen-bond donors (Lipinski definition) is 1. The molecule has 1 aromatic carbocycles. The quantitative estimate of drug-likeness (QED) is 0.798. The number of pyridine rings is 1. The predicted molar refractivity (Wildman–Crippen MR) is 98.5 cm³/mol. The van der Waals surface area contributed by atoms with Crippen molar-refractivity contribution in [3.63, 3.8) is 0 Å². The molecular formula is C19H25N3O3. The summed E-state index contributed by atoms with van der Waals surface area (Å²) in [6.07, 6.45) is 1.73. The third kappa shape index (κ3) is 4.62. The van der Waals surface area contributed by atoms with Crippen LogP contribution in [0.3, 0.4) is 0 Å². The van der Waals surface area contributed by atoms with Crippen molar-refractivity contribution in [2.75, 3.05) is 32.2 Å². The van der Waals surface area contributed by atoms with Gasteiger partial charge in [-0.2, -0.15) is 0 Å². The number of ether oxygens (including phenoxy) is 2. The Balaban J connectivity index is 2.00. The largest absolute Gasteiger partial charge is 0.493 e. The van der Waals surface area contributed by atoms with Crippen LogP contribution >= 0.6 is 0 Å². The Bertz CT molecular complexity index is 698. The Morgan fingerprint density at radius 1 is 1.08 bits per heavy atom. The number of nitrogens with zero attached hydrogens (tertiary/aromatic N) is 2. The number of anilines is 1. The van der Waals surface area contributed by atoms with Crippen LogP contribution in [0.2, 0.25) is 0 Å². The lowest BCUT2D eigenvalue weighted by molar-refractivity contribution is 0.0946. The summed E-state index contributed by atoms with van der Waals surface area (Å²) in [6.45, 7) is 6.38. The Labute approximate surface area is 148 Å². The van der Waals surface area contributed by atoms with Crippen LogP contribution in [0.25, 0.3) is 0 Å². The van der Waals surface area contributed by atoms with Crippen molar-refractivity contribution in [2.45, 2.75) is 20.4 Å². The normalized spacial score (nSPS) is 10.2. The van der Waals surface area contributed by atoms with Gasteiger partial charge in [-0.05, 0) is 43.7 Å². The molecule has 0 aliphatic rings. The monoisotopic (exact) mass is 343 g/mol. The van der Waals surface area contributed by atoms with Crippen molar-refractivity contribution < 1.29 is 14.3 Å². The van der Waals surface area contributed by atoms with Crippen molar-refractivity contribution in [1.82, 2.24) is 10.3 Å². The highest BCUT2D eigenvalue weighted by molar-refractivity contribution is 5.92. The third-order valence-corrected chi connectivity index (χ3v) is 4.01. The second-order valence-corrected chi connectivity index (χ2v) is 5.45. The number of aromatic nitrogens is 1. The van der Waals surface area contributed by atoms with Crippen LogP contribution in [0.1, 0.15) is 29.9 Å². The fourth-order valence-electron chi connectivity index (χ4n) is 2.56. The highest BCUT2D eigenvalue weighted by Gasteiger charge is 2.10. The number of carbonyl (C=O) groups is 1. The van der Waals surface area contributed by atoms with Crippen LogP contribution in [-0.2, 0) is 6.54 Å². The van der Waals surface area contributed by atoms with Gasteiger partial charge >= 0.3 is 0 Å². The topological polar surface area (TPSA) is 63.7 Å². The van der Waals surface area contributed by atoms with Gasteiger partial charge in [-0.25, -0.2) is 4.98 Å². The molecule has 6 nitrogen and oxygen atoms in total. The third-order valence-electron chi connectivity index (χ3n) is 4.01. The van der Waals surface area contributed by atoms with Gasteiger partial charge < -0.3 is 19.7 Å². The minimum absolute atomic E-state index is 0.208.